The van der Waals surface area contributed by atoms with Gasteiger partial charge >= 0.3 is 0 Å². The Labute approximate surface area is 165 Å². The number of aromatic nitrogens is 1. The molecule has 0 fully saturated rings. The van der Waals surface area contributed by atoms with Gasteiger partial charge in [0.2, 0.25) is 0 Å². The standard InChI is InChI=1S/C21H14N4O.Cu/c26-12-13-7-20-10-18-4-3-16(23-18)8-14-1-2-15(22-14)9-17-5-6-19(24-17)11-21(13)25-20;/h1-12,25-26H;. The molecule has 27 heavy (non-hydrogen) atoms. The minimum atomic E-state index is 0. The van der Waals surface area contributed by atoms with Crippen molar-refractivity contribution in [2.24, 2.45) is 15.0 Å². The number of hydrogen-bond acceptors (Lipinski definition) is 4. The molecule has 0 unspecified atom stereocenters. The van der Waals surface area contributed by atoms with Crippen LogP contribution in [-0.2, 0) is 17.1 Å². The van der Waals surface area contributed by atoms with Gasteiger partial charge in [-0.1, -0.05) is 0 Å². The molecule has 0 saturated carbocycles. The van der Waals surface area contributed by atoms with Crippen LogP contribution in [0.1, 0.15) is 5.69 Å². The van der Waals surface area contributed by atoms with E-state index in [2.05, 4.69) is 20.0 Å². The third kappa shape index (κ3) is 3.40. The molecule has 5 heterocycles. The third-order valence-corrected chi connectivity index (χ3v) is 4.28. The number of fused-ring (bicyclic) bond motifs is 5. The second kappa shape index (κ2) is 6.83. The van der Waals surface area contributed by atoms with Crippen LogP contribution in [0.3, 0.4) is 0 Å². The molecule has 0 saturated heterocycles. The smallest absolute Gasteiger partial charge is 0.0885 e. The van der Waals surface area contributed by atoms with E-state index in [0.717, 1.165) is 51.5 Å². The molecule has 5 rings (SSSR count). The van der Waals surface area contributed by atoms with Crippen molar-refractivity contribution in [1.82, 2.24) is 4.98 Å². The second-order valence-electron chi connectivity index (χ2n) is 6.18. The molecule has 1 aromatic rings. The van der Waals surface area contributed by atoms with E-state index in [1.54, 1.807) is 0 Å². The molecule has 1 radical (unpaired) electrons. The van der Waals surface area contributed by atoms with Gasteiger partial charge in [0.05, 0.1) is 45.8 Å². The van der Waals surface area contributed by atoms with Crippen molar-refractivity contribution in [3.8, 4) is 0 Å². The quantitative estimate of drug-likeness (QED) is 0.643. The molecule has 135 valence electrons. The summed E-state index contributed by atoms with van der Waals surface area (Å²) in [6, 6.07) is 1.88. The van der Waals surface area contributed by atoms with Crippen molar-refractivity contribution >= 4 is 35.5 Å². The van der Waals surface area contributed by atoms with Crippen LogP contribution in [0.2, 0.25) is 0 Å². The summed E-state index contributed by atoms with van der Waals surface area (Å²) in [5.74, 6) is 0. The molecule has 5 nitrogen and oxygen atoms in total. The largest absolute Gasteiger partial charge is 0.515 e. The van der Waals surface area contributed by atoms with Gasteiger partial charge in [0.25, 0.3) is 0 Å². The van der Waals surface area contributed by atoms with Crippen molar-refractivity contribution in [2.45, 2.75) is 0 Å². The maximum absolute atomic E-state index is 9.54. The fourth-order valence-corrected chi connectivity index (χ4v) is 3.09. The van der Waals surface area contributed by atoms with Crippen LogP contribution < -0.4 is 10.6 Å². The number of H-pyrrole nitrogens is 1. The Morgan fingerprint density at radius 3 is 1.78 bits per heavy atom. The van der Waals surface area contributed by atoms with Crippen LogP contribution in [0.4, 0.5) is 0 Å². The third-order valence-electron chi connectivity index (χ3n) is 4.28. The van der Waals surface area contributed by atoms with E-state index in [9.17, 15) is 5.11 Å². The molecule has 8 bridgehead atoms. The maximum Gasteiger partial charge on any atom is 0.0885 e. The second-order valence-corrected chi connectivity index (χ2v) is 6.18. The Morgan fingerprint density at radius 1 is 0.704 bits per heavy atom. The molecule has 0 aliphatic carbocycles. The number of aliphatic imine (C=N–C) groups is 3. The van der Waals surface area contributed by atoms with Crippen LogP contribution in [0.15, 0.2) is 86.7 Å². The van der Waals surface area contributed by atoms with Gasteiger partial charge in [-0.15, -0.1) is 0 Å². The molecule has 0 atom stereocenters. The zero-order valence-electron chi connectivity index (χ0n) is 14.0. The fraction of sp³-hybridized carbons (Fsp3) is 0. The molecule has 2 N–H and O–H groups in total. The van der Waals surface area contributed by atoms with E-state index in [1.807, 2.05) is 66.8 Å². The Morgan fingerprint density at radius 2 is 1.22 bits per heavy atom. The van der Waals surface area contributed by atoms with Crippen LogP contribution in [0, 0.1) is 0 Å². The minimum Gasteiger partial charge on any atom is -0.515 e. The van der Waals surface area contributed by atoms with Crippen LogP contribution in [0.25, 0.3) is 18.4 Å². The van der Waals surface area contributed by atoms with E-state index in [-0.39, 0.29) is 17.1 Å². The van der Waals surface area contributed by atoms with E-state index < -0.39 is 0 Å². The number of nitrogens with zero attached hydrogens (tertiary/aromatic N) is 3. The van der Waals surface area contributed by atoms with E-state index in [0.29, 0.717) is 5.22 Å². The van der Waals surface area contributed by atoms with Crippen molar-refractivity contribution < 1.29 is 22.2 Å². The van der Waals surface area contributed by atoms with Crippen molar-refractivity contribution in [1.29, 1.82) is 0 Å². The first kappa shape index (κ1) is 17.2. The first-order valence-electron chi connectivity index (χ1n) is 8.26. The van der Waals surface area contributed by atoms with E-state index in [1.165, 1.54) is 0 Å². The van der Waals surface area contributed by atoms with Crippen molar-refractivity contribution in [3.63, 3.8) is 0 Å². The summed E-state index contributed by atoms with van der Waals surface area (Å²) >= 11 is 0. The zero-order chi connectivity index (χ0) is 17.5. The summed E-state index contributed by atoms with van der Waals surface area (Å²) in [5.41, 5.74) is 5.94. The van der Waals surface area contributed by atoms with Gasteiger partial charge < -0.3 is 10.1 Å². The number of aliphatic hydroxyl groups excluding tert-OH is 1. The Bertz CT molecular complexity index is 1230. The molecular weight excluding hydrogens is 388 g/mol. The fourth-order valence-electron chi connectivity index (χ4n) is 3.09. The summed E-state index contributed by atoms with van der Waals surface area (Å²) in [5, 5.41) is 11.0. The van der Waals surface area contributed by atoms with Gasteiger partial charge in [-0.25, -0.2) is 15.0 Å². The Balaban J connectivity index is 0.00000180. The van der Waals surface area contributed by atoms with Crippen LogP contribution in [0.5, 0.6) is 0 Å². The Hall–Kier alpha value is -3.21. The topological polar surface area (TPSA) is 73.1 Å². The predicted molar refractivity (Wildman–Crippen MR) is 105 cm³/mol. The number of hydrogen-bond donors (Lipinski definition) is 2. The molecule has 4 aliphatic heterocycles. The van der Waals surface area contributed by atoms with E-state index in [4.69, 9.17) is 0 Å². The first-order chi connectivity index (χ1) is 12.7. The SMILES string of the molecule is OC=c1cc2[nH]c1=CC1=NC(=CC3=NC(=CC4=NC(=C2)C=C4)C=C3)C=C1.[Cu]. The Kier molecular flexibility index (Phi) is 4.36. The number of aromatic amines is 1. The molecule has 0 aromatic carbocycles. The van der Waals surface area contributed by atoms with Gasteiger partial charge in [0.1, 0.15) is 0 Å². The summed E-state index contributed by atoms with van der Waals surface area (Å²) in [4.78, 5) is 17.1. The van der Waals surface area contributed by atoms with Crippen LogP contribution >= 0.6 is 0 Å². The summed E-state index contributed by atoms with van der Waals surface area (Å²) < 4.78 is 0. The van der Waals surface area contributed by atoms with Gasteiger partial charge in [-0.2, -0.15) is 0 Å². The molecule has 1 aromatic heterocycles. The monoisotopic (exact) mass is 401 g/mol. The number of rotatable bonds is 0. The van der Waals surface area contributed by atoms with Gasteiger partial charge in [-0.05, 0) is 66.8 Å². The van der Waals surface area contributed by atoms with Gasteiger partial charge in [-0.3, -0.25) is 0 Å². The predicted octanol–water partition coefficient (Wildman–Crippen LogP) is 2.24. The van der Waals surface area contributed by atoms with Crippen molar-refractivity contribution in [3.05, 3.63) is 88.0 Å². The summed E-state index contributed by atoms with van der Waals surface area (Å²) in [6.45, 7) is 0. The molecule has 0 amide bonds. The van der Waals surface area contributed by atoms with E-state index >= 15 is 0 Å². The summed E-state index contributed by atoms with van der Waals surface area (Å²) in [6.07, 6.45) is 20.6. The normalized spacial score (nSPS) is 19.6. The molecule has 4 aliphatic rings. The van der Waals surface area contributed by atoms with Crippen LogP contribution in [-0.4, -0.2) is 27.2 Å². The van der Waals surface area contributed by atoms with Crippen molar-refractivity contribution in [2.75, 3.05) is 0 Å². The summed E-state index contributed by atoms with van der Waals surface area (Å²) in [7, 11) is 0. The van der Waals surface area contributed by atoms with Gasteiger partial charge in [0, 0.05) is 28.0 Å². The number of nitrogens with one attached hydrogen (secondary N) is 1. The maximum atomic E-state index is 9.54. The average molecular weight is 402 g/mol. The average Bonchev–Trinajstić information content (AvgIpc) is 3.39. The number of aliphatic hydroxyl groups is 1. The molecule has 6 heteroatoms. The number of allylic oxidation sites excluding steroid dienone is 8. The van der Waals surface area contributed by atoms with Gasteiger partial charge in [0.15, 0.2) is 0 Å². The zero-order valence-corrected chi connectivity index (χ0v) is 15.0. The minimum absolute atomic E-state index is 0. The molecule has 0 spiro atoms. The first-order valence-corrected chi connectivity index (χ1v) is 8.26. The molecular formula is C21H14CuN4O.